The van der Waals surface area contributed by atoms with Crippen LogP contribution < -0.4 is 5.32 Å². The smallest absolute Gasteiger partial charge is 0.291 e. The molecule has 0 aliphatic carbocycles. The zero-order chi connectivity index (χ0) is 17.3. The Hall–Kier alpha value is -2.63. The molecule has 6 heteroatoms. The Balaban J connectivity index is 1.93. The van der Waals surface area contributed by atoms with Gasteiger partial charge in [-0.05, 0) is 25.5 Å². The van der Waals surface area contributed by atoms with E-state index in [1.54, 1.807) is 19.2 Å². The van der Waals surface area contributed by atoms with Gasteiger partial charge in [-0.25, -0.2) is 4.98 Å². The van der Waals surface area contributed by atoms with Crippen LogP contribution in [0, 0.1) is 6.92 Å². The van der Waals surface area contributed by atoms with Crippen molar-refractivity contribution >= 4 is 11.8 Å². The molecule has 0 saturated heterocycles. The molecule has 0 unspecified atom stereocenters. The molecule has 1 aromatic heterocycles. The summed E-state index contributed by atoms with van der Waals surface area (Å²) in [6.07, 6.45) is 2.05. The van der Waals surface area contributed by atoms with E-state index in [1.807, 2.05) is 28.5 Å². The Morgan fingerprint density at radius 1 is 1.29 bits per heavy atom. The number of hydrogen-bond donors (Lipinski definition) is 1. The number of amides is 2. The second kappa shape index (κ2) is 6.47. The lowest BCUT2D eigenvalue weighted by molar-refractivity contribution is 0.0763. The van der Waals surface area contributed by atoms with Gasteiger partial charge in [0.15, 0.2) is 0 Å². The minimum absolute atomic E-state index is 0.000203. The van der Waals surface area contributed by atoms with Crippen molar-refractivity contribution in [1.29, 1.82) is 0 Å². The number of rotatable bonds is 5. The minimum Gasteiger partial charge on any atom is -0.355 e. The lowest BCUT2D eigenvalue weighted by Crippen LogP contribution is -2.26. The van der Waals surface area contributed by atoms with E-state index in [2.05, 4.69) is 17.2 Å². The molecule has 0 radical (unpaired) electrons. The van der Waals surface area contributed by atoms with Crippen molar-refractivity contribution in [3.05, 3.63) is 41.3 Å². The molecule has 1 aliphatic rings. The van der Waals surface area contributed by atoms with Gasteiger partial charge in [-0.15, -0.1) is 0 Å². The van der Waals surface area contributed by atoms with Crippen molar-refractivity contribution in [2.24, 2.45) is 0 Å². The lowest BCUT2D eigenvalue weighted by Gasteiger charge is -2.15. The van der Waals surface area contributed by atoms with Crippen molar-refractivity contribution in [1.82, 2.24) is 19.8 Å². The molecular formula is C18H22N4O2. The molecule has 2 heterocycles. The van der Waals surface area contributed by atoms with E-state index >= 15 is 0 Å². The van der Waals surface area contributed by atoms with Gasteiger partial charge in [-0.2, -0.15) is 0 Å². The van der Waals surface area contributed by atoms with Crippen LogP contribution in [0.4, 0.5) is 0 Å². The van der Waals surface area contributed by atoms with Gasteiger partial charge in [0.2, 0.25) is 5.82 Å². The first kappa shape index (κ1) is 16.2. The molecule has 3 rings (SSSR count). The maximum Gasteiger partial charge on any atom is 0.291 e. The molecule has 2 amide bonds. The number of fused-ring (bicyclic) bond motifs is 1. The van der Waals surface area contributed by atoms with Crippen molar-refractivity contribution in [2.75, 3.05) is 13.6 Å². The van der Waals surface area contributed by atoms with Gasteiger partial charge in [0, 0.05) is 24.7 Å². The van der Waals surface area contributed by atoms with Gasteiger partial charge in [-0.3, -0.25) is 9.59 Å². The van der Waals surface area contributed by atoms with Crippen LogP contribution in [0.2, 0.25) is 0 Å². The highest BCUT2D eigenvalue weighted by Crippen LogP contribution is 2.29. The predicted octanol–water partition coefficient (Wildman–Crippen LogP) is 2.43. The zero-order valence-corrected chi connectivity index (χ0v) is 14.3. The van der Waals surface area contributed by atoms with Crippen molar-refractivity contribution in [3.63, 3.8) is 0 Å². The standard InChI is InChI=1S/C18H22N4O2/c1-4-5-10-21-11-22-15(12(2)20-16(22)18(21)24)13-6-8-14(9-7-13)17(23)19-3/h6-9H,4-5,10-11H2,1-3H3,(H,19,23). The van der Waals surface area contributed by atoms with E-state index in [4.69, 9.17) is 0 Å². The first-order valence-corrected chi connectivity index (χ1v) is 8.25. The highest BCUT2D eigenvalue weighted by Gasteiger charge is 2.32. The average molecular weight is 326 g/mol. The third-order valence-corrected chi connectivity index (χ3v) is 4.36. The molecule has 0 bridgehead atoms. The van der Waals surface area contributed by atoms with Crippen LogP contribution in [-0.4, -0.2) is 39.9 Å². The van der Waals surface area contributed by atoms with Crippen molar-refractivity contribution in [3.8, 4) is 11.3 Å². The number of nitrogens with zero attached hydrogens (tertiary/aromatic N) is 3. The Morgan fingerprint density at radius 2 is 2.00 bits per heavy atom. The van der Waals surface area contributed by atoms with Gasteiger partial charge in [0.1, 0.15) is 0 Å². The summed E-state index contributed by atoms with van der Waals surface area (Å²) in [5.74, 6) is 0.395. The predicted molar refractivity (Wildman–Crippen MR) is 91.7 cm³/mol. The van der Waals surface area contributed by atoms with E-state index in [9.17, 15) is 9.59 Å². The first-order chi connectivity index (χ1) is 11.6. The van der Waals surface area contributed by atoms with Crippen LogP contribution in [0.25, 0.3) is 11.3 Å². The maximum atomic E-state index is 12.5. The fourth-order valence-electron chi connectivity index (χ4n) is 3.06. The summed E-state index contributed by atoms with van der Waals surface area (Å²) in [7, 11) is 1.61. The summed E-state index contributed by atoms with van der Waals surface area (Å²) in [6, 6.07) is 7.39. The molecule has 6 nitrogen and oxygen atoms in total. The van der Waals surface area contributed by atoms with Crippen LogP contribution in [0.15, 0.2) is 24.3 Å². The number of imidazole rings is 1. The molecule has 0 spiro atoms. The minimum atomic E-state index is -0.113. The van der Waals surface area contributed by atoms with E-state index in [0.717, 1.165) is 36.3 Å². The topological polar surface area (TPSA) is 67.2 Å². The molecular weight excluding hydrogens is 304 g/mol. The van der Waals surface area contributed by atoms with E-state index < -0.39 is 0 Å². The van der Waals surface area contributed by atoms with Gasteiger partial charge < -0.3 is 14.8 Å². The number of unbranched alkanes of at least 4 members (excludes halogenated alkanes) is 1. The third-order valence-electron chi connectivity index (χ3n) is 4.36. The SMILES string of the molecule is CCCCN1Cn2c(nc(C)c2-c2ccc(C(=O)NC)cc2)C1=O. The maximum absolute atomic E-state index is 12.5. The summed E-state index contributed by atoms with van der Waals surface area (Å²) >= 11 is 0. The van der Waals surface area contributed by atoms with Crippen LogP contribution in [0.3, 0.4) is 0 Å². The van der Waals surface area contributed by atoms with Crippen molar-refractivity contribution < 1.29 is 9.59 Å². The van der Waals surface area contributed by atoms with Gasteiger partial charge in [0.05, 0.1) is 18.1 Å². The molecule has 1 N–H and O–H groups in total. The normalized spacial score (nSPS) is 13.3. The average Bonchev–Trinajstić information content (AvgIpc) is 3.07. The number of carbonyl (C=O) groups excluding carboxylic acids is 2. The second-order valence-corrected chi connectivity index (χ2v) is 6.02. The molecule has 1 aromatic carbocycles. The first-order valence-electron chi connectivity index (χ1n) is 8.25. The van der Waals surface area contributed by atoms with Crippen LogP contribution >= 0.6 is 0 Å². The van der Waals surface area contributed by atoms with E-state index in [-0.39, 0.29) is 11.8 Å². The summed E-state index contributed by atoms with van der Waals surface area (Å²) < 4.78 is 1.97. The summed E-state index contributed by atoms with van der Waals surface area (Å²) in [5.41, 5.74) is 3.35. The fraction of sp³-hybridized carbons (Fsp3) is 0.389. The highest BCUT2D eigenvalue weighted by molar-refractivity contribution is 5.95. The number of carbonyl (C=O) groups is 2. The number of benzene rings is 1. The fourth-order valence-corrected chi connectivity index (χ4v) is 3.06. The molecule has 0 fully saturated rings. The monoisotopic (exact) mass is 326 g/mol. The lowest BCUT2D eigenvalue weighted by atomic mass is 10.1. The number of nitrogens with one attached hydrogen (secondary N) is 1. The molecule has 1 aliphatic heterocycles. The Kier molecular flexibility index (Phi) is 4.38. The Morgan fingerprint density at radius 3 is 2.62 bits per heavy atom. The van der Waals surface area contributed by atoms with Crippen LogP contribution in [0.5, 0.6) is 0 Å². The third kappa shape index (κ3) is 2.68. The van der Waals surface area contributed by atoms with Gasteiger partial charge in [0.25, 0.3) is 11.8 Å². The van der Waals surface area contributed by atoms with E-state index in [1.165, 1.54) is 0 Å². The molecule has 2 aromatic rings. The zero-order valence-electron chi connectivity index (χ0n) is 14.3. The Labute approximate surface area is 141 Å². The number of aromatic nitrogens is 2. The van der Waals surface area contributed by atoms with Gasteiger partial charge >= 0.3 is 0 Å². The largest absolute Gasteiger partial charge is 0.355 e. The number of aryl methyl sites for hydroxylation is 1. The van der Waals surface area contributed by atoms with Crippen LogP contribution in [0.1, 0.15) is 46.4 Å². The summed E-state index contributed by atoms with van der Waals surface area (Å²) in [4.78, 5) is 30.5. The molecule has 0 saturated carbocycles. The number of hydrogen-bond acceptors (Lipinski definition) is 3. The quantitative estimate of drug-likeness (QED) is 0.917. The second-order valence-electron chi connectivity index (χ2n) is 6.02. The van der Waals surface area contributed by atoms with Crippen molar-refractivity contribution in [2.45, 2.75) is 33.4 Å². The highest BCUT2D eigenvalue weighted by atomic mass is 16.2. The summed E-state index contributed by atoms with van der Waals surface area (Å²) in [5, 5.41) is 2.61. The Bertz CT molecular complexity index is 777. The molecule has 0 atom stereocenters. The summed E-state index contributed by atoms with van der Waals surface area (Å²) in [6.45, 7) is 5.33. The van der Waals surface area contributed by atoms with Gasteiger partial charge in [-0.1, -0.05) is 25.5 Å². The van der Waals surface area contributed by atoms with Crippen LogP contribution in [-0.2, 0) is 6.67 Å². The molecule has 24 heavy (non-hydrogen) atoms. The molecule has 126 valence electrons. The van der Waals surface area contributed by atoms with E-state index in [0.29, 0.717) is 18.1 Å².